The van der Waals surface area contributed by atoms with Gasteiger partial charge in [0.15, 0.2) is 0 Å². The number of hydrogen-bond acceptors (Lipinski definition) is 8. The summed E-state index contributed by atoms with van der Waals surface area (Å²) in [7, 11) is -8.86. The van der Waals surface area contributed by atoms with Crippen molar-refractivity contribution in [3.8, 4) is 0 Å². The molecule has 2 aromatic carbocycles. The molecule has 0 amide bonds. The molecule has 2 atom stereocenters. The van der Waals surface area contributed by atoms with Gasteiger partial charge in [-0.2, -0.15) is 0 Å². The van der Waals surface area contributed by atoms with Crippen LogP contribution >= 0.6 is 0 Å². The van der Waals surface area contributed by atoms with Crippen LogP contribution in [-0.4, -0.2) is 85.4 Å². The quantitative estimate of drug-likeness (QED) is 0.457. The second kappa shape index (κ2) is 11.2. The minimum absolute atomic E-state index is 0. The van der Waals surface area contributed by atoms with E-state index in [-0.39, 0.29) is 37.7 Å². The van der Waals surface area contributed by atoms with E-state index >= 15 is 0 Å². The summed E-state index contributed by atoms with van der Waals surface area (Å²) in [6, 6.07) is 16.5. The fourth-order valence-corrected chi connectivity index (χ4v) is 4.16. The fraction of sp³-hybridized carbons (Fsp3) is 0.333. The maximum absolute atomic E-state index is 10.5. The van der Waals surface area contributed by atoms with Crippen molar-refractivity contribution < 1.29 is 36.2 Å². The smallest absolute Gasteiger partial charge is 0.748 e. The molecule has 11 heteroatoms. The SMILES string of the molecule is CC(O)(CS(=O)(=O)[O-])c1ccccc1.CC(O)(CS(=O)(=O)[O-])c1ccccc1.[Ca+2]. The van der Waals surface area contributed by atoms with Crippen LogP contribution in [0.25, 0.3) is 0 Å². The Morgan fingerprint density at radius 2 is 0.931 bits per heavy atom. The first kappa shape index (κ1) is 28.4. The van der Waals surface area contributed by atoms with Gasteiger partial charge in [-0.25, -0.2) is 16.8 Å². The van der Waals surface area contributed by atoms with Gasteiger partial charge < -0.3 is 19.3 Å². The Morgan fingerprint density at radius 3 is 1.14 bits per heavy atom. The van der Waals surface area contributed by atoms with Crippen molar-refractivity contribution in [3.05, 3.63) is 71.8 Å². The van der Waals surface area contributed by atoms with Gasteiger partial charge in [-0.3, -0.25) is 0 Å². The van der Waals surface area contributed by atoms with Gasteiger partial charge in [0.2, 0.25) is 0 Å². The summed E-state index contributed by atoms with van der Waals surface area (Å²) >= 11 is 0. The molecule has 0 bridgehead atoms. The summed E-state index contributed by atoms with van der Waals surface area (Å²) < 4.78 is 63.0. The largest absolute Gasteiger partial charge is 2.00 e. The predicted octanol–water partition coefficient (Wildman–Crippen LogP) is 0.498. The molecule has 29 heavy (non-hydrogen) atoms. The molecule has 0 saturated carbocycles. The third kappa shape index (κ3) is 11.4. The summed E-state index contributed by atoms with van der Waals surface area (Å²) in [5, 5.41) is 19.5. The normalized spacial score (nSPS) is 15.7. The number of aliphatic hydroxyl groups is 2. The van der Waals surface area contributed by atoms with Gasteiger partial charge in [0.05, 0.1) is 42.9 Å². The summed E-state index contributed by atoms with van der Waals surface area (Å²) in [6.45, 7) is 2.61. The second-order valence-corrected chi connectivity index (χ2v) is 9.49. The van der Waals surface area contributed by atoms with Gasteiger partial charge in [0.25, 0.3) is 0 Å². The van der Waals surface area contributed by atoms with E-state index < -0.39 is 42.9 Å². The summed E-state index contributed by atoms with van der Waals surface area (Å²) in [5.74, 6) is -1.63. The zero-order valence-electron chi connectivity index (χ0n) is 16.1. The Hall–Kier alpha value is -0.560. The second-order valence-electron chi connectivity index (χ2n) is 6.68. The van der Waals surface area contributed by atoms with Crippen molar-refractivity contribution in [2.45, 2.75) is 25.0 Å². The minimum atomic E-state index is -4.43. The molecule has 0 fully saturated rings. The van der Waals surface area contributed by atoms with E-state index in [0.717, 1.165) is 0 Å². The van der Waals surface area contributed by atoms with Crippen molar-refractivity contribution in [1.29, 1.82) is 0 Å². The Labute approximate surface area is 201 Å². The average Bonchev–Trinajstić information content (AvgIpc) is 2.53. The number of hydrogen-bond donors (Lipinski definition) is 2. The fourth-order valence-electron chi connectivity index (χ4n) is 2.45. The summed E-state index contributed by atoms with van der Waals surface area (Å²) in [6.07, 6.45) is 0. The van der Waals surface area contributed by atoms with Gasteiger partial charge in [0.1, 0.15) is 0 Å². The maximum atomic E-state index is 10.5. The van der Waals surface area contributed by atoms with Crippen LogP contribution in [0.3, 0.4) is 0 Å². The Morgan fingerprint density at radius 1 is 0.690 bits per heavy atom. The molecule has 0 aromatic heterocycles. The molecular weight excluding hydrogens is 448 g/mol. The van der Waals surface area contributed by atoms with Crippen molar-refractivity contribution in [2.24, 2.45) is 0 Å². The van der Waals surface area contributed by atoms with E-state index in [4.69, 9.17) is 0 Å². The first-order valence-corrected chi connectivity index (χ1v) is 11.2. The predicted molar refractivity (Wildman–Crippen MR) is 107 cm³/mol. The van der Waals surface area contributed by atoms with Crippen LogP contribution in [0.5, 0.6) is 0 Å². The zero-order chi connectivity index (χ0) is 21.6. The molecule has 156 valence electrons. The molecule has 0 radical (unpaired) electrons. The Bertz CT molecular complexity index is 876. The summed E-state index contributed by atoms with van der Waals surface area (Å²) in [5.41, 5.74) is -2.41. The van der Waals surface area contributed by atoms with Crippen LogP contribution in [0.4, 0.5) is 0 Å². The average molecular weight is 471 g/mol. The Balaban J connectivity index is 0.000000523. The van der Waals surface area contributed by atoms with Gasteiger partial charge in [-0.05, 0) is 25.0 Å². The first-order valence-electron chi connectivity index (χ1n) is 8.05. The van der Waals surface area contributed by atoms with Gasteiger partial charge in [-0.15, -0.1) is 0 Å². The topological polar surface area (TPSA) is 155 Å². The van der Waals surface area contributed by atoms with Crippen molar-refractivity contribution in [3.63, 3.8) is 0 Å². The van der Waals surface area contributed by atoms with Crippen LogP contribution in [0.15, 0.2) is 60.7 Å². The molecule has 8 nitrogen and oxygen atoms in total. The van der Waals surface area contributed by atoms with Crippen LogP contribution in [0.2, 0.25) is 0 Å². The molecule has 2 aromatic rings. The monoisotopic (exact) mass is 470 g/mol. The third-order valence-electron chi connectivity index (χ3n) is 3.71. The van der Waals surface area contributed by atoms with E-state index in [9.17, 15) is 36.2 Å². The Kier molecular flexibility index (Phi) is 11.0. The van der Waals surface area contributed by atoms with Crippen molar-refractivity contribution in [1.82, 2.24) is 0 Å². The molecule has 0 saturated heterocycles. The maximum Gasteiger partial charge on any atom is 2.00 e. The van der Waals surface area contributed by atoms with Gasteiger partial charge >= 0.3 is 37.7 Å². The third-order valence-corrected chi connectivity index (χ3v) is 5.54. The van der Waals surface area contributed by atoms with Crippen LogP contribution in [-0.2, 0) is 31.4 Å². The van der Waals surface area contributed by atoms with Gasteiger partial charge in [-0.1, -0.05) is 60.7 Å². The standard InChI is InChI=1S/2C9H12O4S.Ca/c2*1-9(10,7-14(11,12)13)8-5-3-2-4-6-8;/h2*2-6,10H,7H2,1H3,(H,11,12,13);/q;;+2/p-2. The van der Waals surface area contributed by atoms with Crippen LogP contribution in [0, 0.1) is 0 Å². The van der Waals surface area contributed by atoms with Crippen molar-refractivity contribution in [2.75, 3.05) is 11.5 Å². The zero-order valence-corrected chi connectivity index (χ0v) is 19.9. The molecule has 0 heterocycles. The van der Waals surface area contributed by atoms with E-state index in [2.05, 4.69) is 0 Å². The molecule has 0 aliphatic carbocycles. The molecule has 2 rings (SSSR count). The van der Waals surface area contributed by atoms with E-state index in [1.807, 2.05) is 0 Å². The van der Waals surface area contributed by atoms with Crippen LogP contribution < -0.4 is 0 Å². The minimum Gasteiger partial charge on any atom is -0.748 e. The van der Waals surface area contributed by atoms with E-state index in [1.165, 1.54) is 13.8 Å². The molecule has 0 spiro atoms. The van der Waals surface area contributed by atoms with Crippen LogP contribution in [0.1, 0.15) is 25.0 Å². The van der Waals surface area contributed by atoms with Crippen molar-refractivity contribution >= 4 is 58.0 Å². The molecule has 0 aliphatic heterocycles. The molecule has 0 aliphatic rings. The van der Waals surface area contributed by atoms with Gasteiger partial charge in [0, 0.05) is 0 Å². The molecule has 2 N–H and O–H groups in total. The molecule has 2 unspecified atom stereocenters. The number of rotatable bonds is 6. The first-order chi connectivity index (χ1) is 12.6. The summed E-state index contributed by atoms with van der Waals surface area (Å²) in [4.78, 5) is 0. The van der Waals surface area contributed by atoms with E-state index in [1.54, 1.807) is 60.7 Å². The number of benzene rings is 2. The molecular formula is C18H22CaO8S2. The van der Waals surface area contributed by atoms with E-state index in [0.29, 0.717) is 11.1 Å².